The number of rotatable bonds is 2. The second kappa shape index (κ2) is 5.16. The van der Waals surface area contributed by atoms with E-state index in [1.165, 1.54) is 12.1 Å². The van der Waals surface area contributed by atoms with Crippen molar-refractivity contribution in [2.24, 2.45) is 0 Å². The second-order valence-corrected chi connectivity index (χ2v) is 4.71. The van der Waals surface area contributed by atoms with Gasteiger partial charge in [0.25, 0.3) is 0 Å². The van der Waals surface area contributed by atoms with Crippen molar-refractivity contribution in [1.82, 2.24) is 0 Å². The van der Waals surface area contributed by atoms with E-state index in [1.807, 2.05) is 6.92 Å². The Morgan fingerprint density at radius 1 is 1.26 bits per heavy atom. The van der Waals surface area contributed by atoms with Gasteiger partial charge in [0.1, 0.15) is 18.3 Å². The van der Waals surface area contributed by atoms with E-state index in [0.29, 0.717) is 0 Å². The number of hydrogen-bond acceptors (Lipinski definition) is 6. The van der Waals surface area contributed by atoms with E-state index in [4.69, 9.17) is 11.2 Å². The number of benzene rings is 1. The lowest BCUT2D eigenvalue weighted by molar-refractivity contribution is -0.335. The molecule has 1 heterocycles. The summed E-state index contributed by atoms with van der Waals surface area (Å²) in [6.45, 7) is 1.11. The Bertz CT molecular complexity index is 476. The van der Waals surface area contributed by atoms with Crippen molar-refractivity contribution >= 4 is 0 Å². The largest absolute Gasteiger partial charge is 0.394 e. The van der Waals surface area contributed by atoms with Gasteiger partial charge in [0.05, 0.1) is 7.98 Å². The predicted molar refractivity (Wildman–Crippen MR) is 65.1 cm³/mol. The summed E-state index contributed by atoms with van der Waals surface area (Å²) in [5.41, 5.74) is -1.62. The second-order valence-electron chi connectivity index (χ2n) is 4.71. The molecular formula is C13H18O6. The van der Waals surface area contributed by atoms with Crippen molar-refractivity contribution < 1.29 is 31.6 Å². The van der Waals surface area contributed by atoms with Crippen molar-refractivity contribution in [1.29, 1.82) is 0 Å². The number of aliphatic hydroxyl groups excluding tert-OH is 3. The molecule has 5 N–H and O–H groups in total. The van der Waals surface area contributed by atoms with Crippen LogP contribution in [0.25, 0.3) is 0 Å². The highest BCUT2D eigenvalue weighted by atomic mass is 16.6. The average Bonchev–Trinajstić information content (AvgIpc) is 2.41. The van der Waals surface area contributed by atoms with Gasteiger partial charge in [-0.3, -0.25) is 0 Å². The van der Waals surface area contributed by atoms with Crippen LogP contribution in [0.1, 0.15) is 12.5 Å². The van der Waals surface area contributed by atoms with Gasteiger partial charge in [-0.15, -0.1) is 0 Å². The maximum absolute atomic E-state index is 10.6. The lowest BCUT2D eigenvalue weighted by Gasteiger charge is -2.46. The molecule has 0 aliphatic carbocycles. The third kappa shape index (κ3) is 2.27. The van der Waals surface area contributed by atoms with Crippen LogP contribution in [0.5, 0.6) is 0 Å². The molecule has 106 valence electrons. The molecule has 0 aromatic heterocycles. The molecule has 0 bridgehead atoms. The zero-order chi connectivity index (χ0) is 15.1. The van der Waals surface area contributed by atoms with Crippen LogP contribution in [0.3, 0.4) is 0 Å². The fourth-order valence-electron chi connectivity index (χ4n) is 2.13. The summed E-state index contributed by atoms with van der Waals surface area (Å²) in [7, 11) is 0. The maximum Gasteiger partial charge on any atom is 0.191 e. The first kappa shape index (κ1) is 13.0. The third-order valence-corrected chi connectivity index (χ3v) is 3.39. The Kier molecular flexibility index (Phi) is 3.53. The fourth-order valence-corrected chi connectivity index (χ4v) is 2.13. The molecule has 1 aromatic carbocycles. The first-order valence-electron chi connectivity index (χ1n) is 6.40. The molecule has 1 aliphatic heterocycles. The normalized spacial score (nSPS) is 43.9. The smallest absolute Gasteiger partial charge is 0.191 e. The van der Waals surface area contributed by atoms with Crippen LogP contribution in [-0.4, -0.2) is 56.7 Å². The lowest BCUT2D eigenvalue weighted by Crippen LogP contribution is -2.64. The van der Waals surface area contributed by atoms with Crippen LogP contribution < -0.4 is 0 Å². The number of hydrogen-bond donors (Lipinski definition) is 5. The highest BCUT2D eigenvalue weighted by molar-refractivity contribution is 5.29. The summed E-state index contributed by atoms with van der Waals surface area (Å²) in [6.07, 6.45) is -7.80. The molecule has 0 amide bonds. The molecule has 0 radical (unpaired) electrons. The Hall–Kier alpha value is -1.02. The van der Waals surface area contributed by atoms with Crippen LogP contribution in [-0.2, 0) is 10.3 Å². The van der Waals surface area contributed by atoms with E-state index in [1.54, 1.807) is 12.1 Å². The van der Waals surface area contributed by atoms with Crippen LogP contribution in [0, 0.1) is 6.92 Å². The Balaban J connectivity index is 2.49. The molecule has 1 aromatic rings. The van der Waals surface area contributed by atoms with Crippen LogP contribution in [0.15, 0.2) is 24.3 Å². The fraction of sp³-hybridized carbons (Fsp3) is 0.538. The molecule has 6 heteroatoms. The van der Waals surface area contributed by atoms with E-state index in [-0.39, 0.29) is 5.56 Å². The van der Waals surface area contributed by atoms with Gasteiger partial charge >= 0.3 is 0 Å². The number of ether oxygens (including phenoxy) is 1. The first-order valence-corrected chi connectivity index (χ1v) is 5.90. The minimum atomic E-state index is -2.91. The molecule has 0 spiro atoms. The molecular weight excluding hydrogens is 252 g/mol. The third-order valence-electron chi connectivity index (χ3n) is 3.39. The molecule has 19 heavy (non-hydrogen) atoms. The van der Waals surface area contributed by atoms with Crippen LogP contribution >= 0.6 is 0 Å². The van der Waals surface area contributed by atoms with Gasteiger partial charge in [-0.2, -0.15) is 0 Å². The topological polar surface area (TPSA) is 110 Å². The Labute approximate surface area is 111 Å². The molecule has 1 fully saturated rings. The number of aryl methyl sites for hydroxylation is 1. The van der Waals surface area contributed by atoms with E-state index in [2.05, 4.69) is 0 Å². The van der Waals surface area contributed by atoms with Crippen molar-refractivity contribution in [3.63, 3.8) is 0 Å². The summed E-state index contributed by atoms with van der Waals surface area (Å²) in [4.78, 5) is 0. The zero-order valence-corrected chi connectivity index (χ0v) is 10.4. The van der Waals surface area contributed by atoms with E-state index >= 15 is 0 Å². The lowest BCUT2D eigenvalue weighted by atomic mass is 9.81. The monoisotopic (exact) mass is 271 g/mol. The predicted octanol–water partition coefficient (Wildman–Crippen LogP) is -1.39. The van der Waals surface area contributed by atoms with Gasteiger partial charge in [0.15, 0.2) is 11.9 Å². The first-order chi connectivity index (χ1) is 9.24. The molecule has 0 saturated carbocycles. The van der Waals surface area contributed by atoms with Crippen molar-refractivity contribution in [3.05, 3.63) is 35.4 Å². The van der Waals surface area contributed by atoms with Gasteiger partial charge in [0.2, 0.25) is 0 Å². The Morgan fingerprint density at radius 2 is 1.84 bits per heavy atom. The van der Waals surface area contributed by atoms with Crippen molar-refractivity contribution in [3.8, 4) is 0 Å². The zero-order valence-electron chi connectivity index (χ0n) is 11.4. The van der Waals surface area contributed by atoms with E-state index in [0.717, 1.165) is 5.56 Å². The summed E-state index contributed by atoms with van der Waals surface area (Å²) in [5.74, 6) is 0. The van der Waals surface area contributed by atoms with Gasteiger partial charge in [0, 0.05) is 0 Å². The summed E-state index contributed by atoms with van der Waals surface area (Å²) in [5, 5.41) is 49.5. The van der Waals surface area contributed by atoms with Gasteiger partial charge in [-0.1, -0.05) is 29.8 Å². The van der Waals surface area contributed by atoms with Gasteiger partial charge in [-0.25, -0.2) is 0 Å². The quantitative estimate of drug-likeness (QED) is 0.453. The molecule has 1 aliphatic rings. The molecule has 0 unspecified atom stereocenters. The number of aliphatic hydroxyl groups is 5. The van der Waals surface area contributed by atoms with Crippen molar-refractivity contribution in [2.75, 3.05) is 6.61 Å². The van der Waals surface area contributed by atoms with Gasteiger partial charge < -0.3 is 30.3 Å². The van der Waals surface area contributed by atoms with E-state index < -0.39 is 36.8 Å². The SMILES string of the molecule is [2H][C@@]1(O)O[C@H](CO)[C@@H](O)[C@H](O)[C@]1(O)c1ccc(C)cc1. The summed E-state index contributed by atoms with van der Waals surface area (Å²) < 4.78 is 12.5. The van der Waals surface area contributed by atoms with E-state index in [9.17, 15) is 20.4 Å². The molecule has 6 nitrogen and oxygen atoms in total. The van der Waals surface area contributed by atoms with Crippen LogP contribution in [0.4, 0.5) is 0 Å². The molecule has 2 rings (SSSR count). The highest BCUT2D eigenvalue weighted by Gasteiger charge is 2.55. The van der Waals surface area contributed by atoms with Crippen LogP contribution in [0.2, 0.25) is 0 Å². The highest BCUT2D eigenvalue weighted by Crippen LogP contribution is 2.37. The molecule has 1 saturated heterocycles. The standard InChI is InChI=1S/C13H18O6/c1-7-2-4-8(5-3-7)13(18)11(16)10(15)9(6-14)19-12(13)17/h2-5,9-12,14-18H,6H2,1H3/t9-,10-,11+,12-,13-/m1/s1/i12D. The maximum atomic E-state index is 10.6. The van der Waals surface area contributed by atoms with Gasteiger partial charge in [-0.05, 0) is 12.5 Å². The average molecular weight is 271 g/mol. The summed E-state index contributed by atoms with van der Waals surface area (Å²) >= 11 is 0. The summed E-state index contributed by atoms with van der Waals surface area (Å²) in [6, 6.07) is 6.10. The van der Waals surface area contributed by atoms with Crippen molar-refractivity contribution in [2.45, 2.75) is 37.1 Å². The Morgan fingerprint density at radius 3 is 2.37 bits per heavy atom. The minimum Gasteiger partial charge on any atom is -0.394 e. The molecule has 5 atom stereocenters. The minimum absolute atomic E-state index is 0.0311.